The highest BCUT2D eigenvalue weighted by molar-refractivity contribution is 5.92. The maximum atomic E-state index is 13.0. The van der Waals surface area contributed by atoms with Gasteiger partial charge in [0.2, 0.25) is 5.91 Å². The lowest BCUT2D eigenvalue weighted by atomic mass is 9.78. The summed E-state index contributed by atoms with van der Waals surface area (Å²) in [5, 5.41) is 9.54. The highest BCUT2D eigenvalue weighted by Gasteiger charge is 2.54. The predicted octanol–water partition coefficient (Wildman–Crippen LogP) is 1.31. The van der Waals surface area contributed by atoms with Crippen molar-refractivity contribution in [3.8, 4) is 0 Å². The van der Waals surface area contributed by atoms with E-state index in [9.17, 15) is 19.5 Å². The van der Waals surface area contributed by atoms with Gasteiger partial charge in [0, 0.05) is 26.2 Å². The molecule has 0 unspecified atom stereocenters. The number of carboxylic acids is 1. The van der Waals surface area contributed by atoms with Crippen molar-refractivity contribution >= 4 is 17.8 Å². The second kappa shape index (κ2) is 6.20. The monoisotopic (exact) mass is 346 g/mol. The molecule has 1 aromatic rings. The topological polar surface area (TPSA) is 91.1 Å². The summed E-state index contributed by atoms with van der Waals surface area (Å²) in [5.41, 5.74) is 0. The number of carbonyl (C=O) groups is 3. The van der Waals surface area contributed by atoms with Crippen molar-refractivity contribution < 1.29 is 23.9 Å². The lowest BCUT2D eigenvalue weighted by Crippen LogP contribution is -2.53. The fourth-order valence-corrected chi connectivity index (χ4v) is 4.90. The van der Waals surface area contributed by atoms with Gasteiger partial charge in [-0.25, -0.2) is 0 Å². The molecule has 4 rings (SSSR count). The Morgan fingerprint density at radius 3 is 2.24 bits per heavy atom. The summed E-state index contributed by atoms with van der Waals surface area (Å²) in [6.07, 6.45) is 4.22. The summed E-state index contributed by atoms with van der Waals surface area (Å²) >= 11 is 0. The van der Waals surface area contributed by atoms with Crippen LogP contribution in [0.5, 0.6) is 0 Å². The number of rotatable bonds is 3. The molecule has 0 spiro atoms. The van der Waals surface area contributed by atoms with Gasteiger partial charge in [-0.1, -0.05) is 0 Å². The van der Waals surface area contributed by atoms with Crippen LogP contribution in [0.2, 0.25) is 0 Å². The van der Waals surface area contributed by atoms with Crippen LogP contribution >= 0.6 is 0 Å². The number of aliphatic carboxylic acids is 1. The third-order valence-electron chi connectivity index (χ3n) is 6.10. The fraction of sp³-hybridized carbons (Fsp3) is 0.611. The number of carbonyl (C=O) groups excluding carboxylic acids is 2. The molecule has 2 saturated carbocycles. The highest BCUT2D eigenvalue weighted by atomic mass is 16.4. The molecule has 1 saturated heterocycles. The second-order valence-corrected chi connectivity index (χ2v) is 7.32. The standard InChI is InChI=1S/C18H22N2O5/c21-16(13-2-1-9-25-13)19-5-7-20(8-6-19)17(22)14-11-3-4-12(10-11)15(14)18(23)24/h1-2,9,11-12,14-15H,3-8,10H2,(H,23,24)/t11-,12+,14+,15+/m1/s1. The maximum absolute atomic E-state index is 13.0. The molecule has 1 aromatic heterocycles. The summed E-state index contributed by atoms with van der Waals surface area (Å²) in [6.45, 7) is 1.80. The predicted molar refractivity (Wildman–Crippen MR) is 86.6 cm³/mol. The minimum Gasteiger partial charge on any atom is -0.481 e. The molecule has 25 heavy (non-hydrogen) atoms. The van der Waals surface area contributed by atoms with E-state index in [1.165, 1.54) is 6.26 Å². The third-order valence-corrected chi connectivity index (χ3v) is 6.10. The van der Waals surface area contributed by atoms with E-state index in [1.54, 1.807) is 21.9 Å². The summed E-state index contributed by atoms with van der Waals surface area (Å²) in [4.78, 5) is 40.3. The Labute approximate surface area is 145 Å². The molecule has 7 heteroatoms. The van der Waals surface area contributed by atoms with Gasteiger partial charge >= 0.3 is 5.97 Å². The first-order valence-corrected chi connectivity index (χ1v) is 8.90. The number of amides is 2. The number of fused-ring (bicyclic) bond motifs is 2. The first-order valence-electron chi connectivity index (χ1n) is 8.90. The zero-order valence-electron chi connectivity index (χ0n) is 14.0. The van der Waals surface area contributed by atoms with Crippen molar-refractivity contribution in [2.45, 2.75) is 19.3 Å². The van der Waals surface area contributed by atoms with Crippen LogP contribution in [0.25, 0.3) is 0 Å². The quantitative estimate of drug-likeness (QED) is 0.891. The Morgan fingerprint density at radius 1 is 1.00 bits per heavy atom. The molecule has 3 aliphatic rings. The lowest BCUT2D eigenvalue weighted by Gasteiger charge is -2.38. The van der Waals surface area contributed by atoms with Gasteiger partial charge in [0.1, 0.15) is 0 Å². The van der Waals surface area contributed by atoms with Crippen LogP contribution in [0.15, 0.2) is 22.8 Å². The number of hydrogen-bond donors (Lipinski definition) is 1. The molecule has 3 fully saturated rings. The van der Waals surface area contributed by atoms with Crippen LogP contribution in [0.1, 0.15) is 29.8 Å². The summed E-state index contributed by atoms with van der Waals surface area (Å²) < 4.78 is 5.14. The minimum absolute atomic E-state index is 0.0373. The molecule has 2 bridgehead atoms. The van der Waals surface area contributed by atoms with Gasteiger partial charge in [-0.2, -0.15) is 0 Å². The summed E-state index contributed by atoms with van der Waals surface area (Å²) in [5.74, 6) is -1.29. The smallest absolute Gasteiger partial charge is 0.307 e. The molecule has 0 radical (unpaired) electrons. The van der Waals surface area contributed by atoms with E-state index >= 15 is 0 Å². The van der Waals surface area contributed by atoms with E-state index in [0.717, 1.165) is 19.3 Å². The van der Waals surface area contributed by atoms with Crippen LogP contribution < -0.4 is 0 Å². The number of piperazine rings is 1. The van der Waals surface area contributed by atoms with E-state index in [4.69, 9.17) is 4.42 Å². The Morgan fingerprint density at radius 2 is 1.64 bits per heavy atom. The average Bonchev–Trinajstić information content (AvgIpc) is 3.36. The van der Waals surface area contributed by atoms with Crippen LogP contribution in [-0.4, -0.2) is 58.9 Å². The fourth-order valence-electron chi connectivity index (χ4n) is 4.90. The van der Waals surface area contributed by atoms with Gasteiger partial charge in [-0.15, -0.1) is 0 Å². The number of nitrogens with zero attached hydrogens (tertiary/aromatic N) is 2. The molecule has 2 amide bonds. The lowest BCUT2D eigenvalue weighted by molar-refractivity contribution is -0.153. The van der Waals surface area contributed by atoms with E-state index < -0.39 is 11.9 Å². The number of hydrogen-bond acceptors (Lipinski definition) is 4. The van der Waals surface area contributed by atoms with Crippen LogP contribution in [0.3, 0.4) is 0 Å². The molecule has 1 N–H and O–H groups in total. The molecular formula is C18H22N2O5. The van der Waals surface area contributed by atoms with Crippen molar-refractivity contribution in [1.29, 1.82) is 0 Å². The van der Waals surface area contributed by atoms with Crippen molar-refractivity contribution in [2.75, 3.05) is 26.2 Å². The zero-order chi connectivity index (χ0) is 17.6. The second-order valence-electron chi connectivity index (χ2n) is 7.32. The SMILES string of the molecule is O=C(O)[C@H]1[C@H]2CC[C@H](C2)[C@@H]1C(=O)N1CCN(C(=O)c2ccco2)CC1. The molecule has 1 aliphatic heterocycles. The number of furan rings is 1. The normalized spacial score (nSPS) is 31.4. The van der Waals surface area contributed by atoms with Crippen molar-refractivity contribution in [2.24, 2.45) is 23.7 Å². The van der Waals surface area contributed by atoms with Crippen LogP contribution in [-0.2, 0) is 9.59 Å². The molecule has 134 valence electrons. The van der Waals surface area contributed by atoms with Crippen molar-refractivity contribution in [3.05, 3.63) is 24.2 Å². The van der Waals surface area contributed by atoms with E-state index in [0.29, 0.717) is 31.9 Å². The third kappa shape index (κ3) is 2.71. The molecule has 2 aliphatic carbocycles. The summed E-state index contributed by atoms with van der Waals surface area (Å²) in [7, 11) is 0. The largest absolute Gasteiger partial charge is 0.481 e. The highest BCUT2D eigenvalue weighted by Crippen LogP contribution is 2.53. The Bertz CT molecular complexity index is 678. The zero-order valence-corrected chi connectivity index (χ0v) is 14.0. The van der Waals surface area contributed by atoms with E-state index in [1.807, 2.05) is 0 Å². The van der Waals surface area contributed by atoms with E-state index in [-0.39, 0.29) is 29.6 Å². The van der Waals surface area contributed by atoms with Crippen molar-refractivity contribution in [1.82, 2.24) is 9.80 Å². The van der Waals surface area contributed by atoms with Gasteiger partial charge in [0.25, 0.3) is 5.91 Å². The van der Waals surface area contributed by atoms with E-state index in [2.05, 4.69) is 0 Å². The van der Waals surface area contributed by atoms with Gasteiger partial charge < -0.3 is 19.3 Å². The number of carboxylic acid groups (broad SMARTS) is 1. The summed E-state index contributed by atoms with van der Waals surface area (Å²) in [6, 6.07) is 3.31. The molecule has 4 atom stereocenters. The first kappa shape index (κ1) is 16.2. The Kier molecular flexibility index (Phi) is 4.01. The van der Waals surface area contributed by atoms with Crippen molar-refractivity contribution in [3.63, 3.8) is 0 Å². The minimum atomic E-state index is -0.836. The Hall–Kier alpha value is -2.31. The van der Waals surface area contributed by atoms with Gasteiger partial charge in [0.15, 0.2) is 5.76 Å². The van der Waals surface area contributed by atoms with Gasteiger partial charge in [-0.3, -0.25) is 14.4 Å². The Balaban J connectivity index is 1.40. The average molecular weight is 346 g/mol. The molecule has 0 aromatic carbocycles. The maximum Gasteiger partial charge on any atom is 0.307 e. The van der Waals surface area contributed by atoms with Gasteiger partial charge in [0.05, 0.1) is 18.1 Å². The molecule has 7 nitrogen and oxygen atoms in total. The van der Waals surface area contributed by atoms with Crippen LogP contribution in [0.4, 0.5) is 0 Å². The van der Waals surface area contributed by atoms with Crippen LogP contribution in [0, 0.1) is 23.7 Å². The molecular weight excluding hydrogens is 324 g/mol. The first-order chi connectivity index (χ1) is 12.1. The molecule has 2 heterocycles. The van der Waals surface area contributed by atoms with Gasteiger partial charge in [-0.05, 0) is 43.2 Å².